The van der Waals surface area contributed by atoms with Gasteiger partial charge in [0.2, 0.25) is 5.91 Å². The van der Waals surface area contributed by atoms with E-state index in [-0.39, 0.29) is 11.8 Å². The second kappa shape index (κ2) is 4.26. The van der Waals surface area contributed by atoms with Crippen molar-refractivity contribution < 1.29 is 4.79 Å². The van der Waals surface area contributed by atoms with E-state index in [9.17, 15) is 4.79 Å². The second-order valence-electron chi connectivity index (χ2n) is 4.94. The first-order valence-electron chi connectivity index (χ1n) is 5.98. The molecule has 0 aromatic rings. The molecule has 1 saturated carbocycles. The number of carbonyl (C=O) groups is 1. The highest BCUT2D eigenvalue weighted by atomic mass is 16.2. The monoisotopic (exact) mass is 205 g/mol. The zero-order valence-corrected chi connectivity index (χ0v) is 9.41. The molecule has 0 aromatic heterocycles. The van der Waals surface area contributed by atoms with Crippen molar-refractivity contribution in [2.75, 3.05) is 6.54 Å². The minimum Gasteiger partial charge on any atom is -0.338 e. The molecule has 1 heterocycles. The van der Waals surface area contributed by atoms with Crippen molar-refractivity contribution in [1.82, 2.24) is 4.90 Å². The van der Waals surface area contributed by atoms with Crippen LogP contribution in [-0.2, 0) is 4.79 Å². The lowest BCUT2D eigenvalue weighted by atomic mass is 9.85. The highest BCUT2D eigenvalue weighted by Gasteiger charge is 2.36. The van der Waals surface area contributed by atoms with Gasteiger partial charge in [-0.3, -0.25) is 4.79 Å². The zero-order chi connectivity index (χ0) is 10.8. The molecular formula is C13H19NO. The summed E-state index contributed by atoms with van der Waals surface area (Å²) < 4.78 is 0. The average Bonchev–Trinajstić information content (AvgIpc) is 2.60. The fourth-order valence-electron chi connectivity index (χ4n) is 2.92. The first-order chi connectivity index (χ1) is 7.22. The molecule has 15 heavy (non-hydrogen) atoms. The molecule has 1 aliphatic carbocycles. The Balaban J connectivity index is 2.04. The van der Waals surface area contributed by atoms with Crippen LogP contribution < -0.4 is 0 Å². The SMILES string of the molecule is C#CC1CC(=O)N(C2CCCCC2C)C1. The van der Waals surface area contributed by atoms with Gasteiger partial charge in [0.15, 0.2) is 0 Å². The minimum absolute atomic E-state index is 0.159. The predicted molar refractivity (Wildman–Crippen MR) is 60.1 cm³/mol. The summed E-state index contributed by atoms with van der Waals surface area (Å²) in [7, 11) is 0. The van der Waals surface area contributed by atoms with Crippen LogP contribution in [0.15, 0.2) is 0 Å². The Morgan fingerprint density at radius 1 is 1.40 bits per heavy atom. The standard InChI is InChI=1S/C13H19NO/c1-3-11-8-13(15)14(9-11)12-7-5-4-6-10(12)2/h1,10-12H,4-9H2,2H3. The van der Waals surface area contributed by atoms with Gasteiger partial charge in [-0.15, -0.1) is 12.3 Å². The largest absolute Gasteiger partial charge is 0.338 e. The molecule has 2 heteroatoms. The van der Waals surface area contributed by atoms with E-state index in [4.69, 9.17) is 6.42 Å². The molecule has 0 N–H and O–H groups in total. The fraction of sp³-hybridized carbons (Fsp3) is 0.769. The van der Waals surface area contributed by atoms with Crippen molar-refractivity contribution >= 4 is 5.91 Å². The third-order valence-electron chi connectivity index (χ3n) is 3.86. The predicted octanol–water partition coefficient (Wildman–Crippen LogP) is 2.05. The molecular weight excluding hydrogens is 186 g/mol. The first-order valence-corrected chi connectivity index (χ1v) is 5.98. The van der Waals surface area contributed by atoms with E-state index in [0.29, 0.717) is 18.4 Å². The van der Waals surface area contributed by atoms with Crippen molar-refractivity contribution in [2.45, 2.75) is 45.1 Å². The van der Waals surface area contributed by atoms with E-state index in [1.54, 1.807) is 0 Å². The van der Waals surface area contributed by atoms with Crippen molar-refractivity contribution in [1.29, 1.82) is 0 Å². The lowest BCUT2D eigenvalue weighted by Crippen LogP contribution is -2.42. The quantitative estimate of drug-likeness (QED) is 0.600. The highest BCUT2D eigenvalue weighted by molar-refractivity contribution is 5.79. The molecule has 1 amide bonds. The fourth-order valence-corrected chi connectivity index (χ4v) is 2.92. The smallest absolute Gasteiger partial charge is 0.224 e. The Labute approximate surface area is 92.0 Å². The van der Waals surface area contributed by atoms with Gasteiger partial charge >= 0.3 is 0 Å². The molecule has 2 aliphatic rings. The van der Waals surface area contributed by atoms with Crippen LogP contribution in [0.25, 0.3) is 0 Å². The van der Waals surface area contributed by atoms with Crippen LogP contribution in [0, 0.1) is 24.2 Å². The first kappa shape index (κ1) is 10.5. The van der Waals surface area contributed by atoms with Gasteiger partial charge in [0.25, 0.3) is 0 Å². The molecule has 3 unspecified atom stereocenters. The summed E-state index contributed by atoms with van der Waals surface area (Å²) in [5.74, 6) is 3.80. The Kier molecular flexibility index (Phi) is 3.00. The third kappa shape index (κ3) is 2.02. The summed E-state index contributed by atoms with van der Waals surface area (Å²) in [5, 5.41) is 0. The number of nitrogens with zero attached hydrogens (tertiary/aromatic N) is 1. The highest BCUT2D eigenvalue weighted by Crippen LogP contribution is 2.31. The summed E-state index contributed by atoms with van der Waals surface area (Å²) in [6.07, 6.45) is 11.0. The number of carbonyl (C=O) groups excluding carboxylic acids is 1. The Bertz CT molecular complexity index is 291. The summed E-state index contributed by atoms with van der Waals surface area (Å²) in [6.45, 7) is 3.06. The molecule has 0 aromatic carbocycles. The zero-order valence-electron chi connectivity index (χ0n) is 9.41. The maximum Gasteiger partial charge on any atom is 0.224 e. The number of amides is 1. The third-order valence-corrected chi connectivity index (χ3v) is 3.86. The maximum absolute atomic E-state index is 11.8. The summed E-state index contributed by atoms with van der Waals surface area (Å²) in [6, 6.07) is 0.463. The minimum atomic E-state index is 0.159. The van der Waals surface area contributed by atoms with E-state index >= 15 is 0 Å². The molecule has 1 saturated heterocycles. The molecule has 3 atom stereocenters. The van der Waals surface area contributed by atoms with Crippen LogP contribution in [0.3, 0.4) is 0 Å². The van der Waals surface area contributed by atoms with Crippen LogP contribution in [0.5, 0.6) is 0 Å². The van der Waals surface area contributed by atoms with Gasteiger partial charge in [0, 0.05) is 24.9 Å². The Morgan fingerprint density at radius 3 is 2.73 bits per heavy atom. The van der Waals surface area contributed by atoms with Crippen LogP contribution in [0.2, 0.25) is 0 Å². The number of hydrogen-bond donors (Lipinski definition) is 0. The molecule has 2 nitrogen and oxygen atoms in total. The van der Waals surface area contributed by atoms with Crippen molar-refractivity contribution in [3.8, 4) is 12.3 Å². The average molecular weight is 205 g/mol. The van der Waals surface area contributed by atoms with Gasteiger partial charge in [-0.1, -0.05) is 19.8 Å². The van der Waals surface area contributed by atoms with Gasteiger partial charge < -0.3 is 4.90 Å². The van der Waals surface area contributed by atoms with E-state index in [0.717, 1.165) is 6.54 Å². The lowest BCUT2D eigenvalue weighted by molar-refractivity contribution is -0.131. The number of terminal acetylenes is 1. The maximum atomic E-state index is 11.8. The molecule has 1 aliphatic heterocycles. The Hall–Kier alpha value is -0.970. The van der Waals surface area contributed by atoms with Crippen LogP contribution >= 0.6 is 0 Å². The number of hydrogen-bond acceptors (Lipinski definition) is 1. The Morgan fingerprint density at radius 2 is 2.13 bits per heavy atom. The van der Waals surface area contributed by atoms with Crippen LogP contribution in [0.1, 0.15) is 39.0 Å². The number of likely N-dealkylation sites (tertiary alicyclic amines) is 1. The van der Waals surface area contributed by atoms with Crippen molar-refractivity contribution in [3.63, 3.8) is 0 Å². The normalized spacial score (nSPS) is 36.7. The molecule has 82 valence electrons. The van der Waals surface area contributed by atoms with Crippen molar-refractivity contribution in [3.05, 3.63) is 0 Å². The molecule has 0 radical (unpaired) electrons. The lowest BCUT2D eigenvalue weighted by Gasteiger charge is -2.36. The topological polar surface area (TPSA) is 20.3 Å². The number of rotatable bonds is 1. The van der Waals surface area contributed by atoms with E-state index in [2.05, 4.69) is 12.8 Å². The van der Waals surface area contributed by atoms with Crippen LogP contribution in [-0.4, -0.2) is 23.4 Å². The molecule has 2 rings (SSSR count). The van der Waals surface area contributed by atoms with Crippen LogP contribution in [0.4, 0.5) is 0 Å². The molecule has 0 bridgehead atoms. The van der Waals surface area contributed by atoms with Gasteiger partial charge in [-0.25, -0.2) is 0 Å². The van der Waals surface area contributed by atoms with E-state index < -0.39 is 0 Å². The molecule has 2 fully saturated rings. The van der Waals surface area contributed by atoms with Gasteiger partial charge in [0.05, 0.1) is 0 Å². The molecule has 0 spiro atoms. The van der Waals surface area contributed by atoms with Gasteiger partial charge in [-0.2, -0.15) is 0 Å². The second-order valence-corrected chi connectivity index (χ2v) is 4.94. The van der Waals surface area contributed by atoms with Gasteiger partial charge in [-0.05, 0) is 18.8 Å². The summed E-state index contributed by atoms with van der Waals surface area (Å²) >= 11 is 0. The van der Waals surface area contributed by atoms with Gasteiger partial charge in [0.1, 0.15) is 0 Å². The van der Waals surface area contributed by atoms with Crippen molar-refractivity contribution in [2.24, 2.45) is 11.8 Å². The van der Waals surface area contributed by atoms with E-state index in [1.807, 2.05) is 4.90 Å². The summed E-state index contributed by atoms with van der Waals surface area (Å²) in [5.41, 5.74) is 0. The van der Waals surface area contributed by atoms with E-state index in [1.165, 1.54) is 25.7 Å². The summed E-state index contributed by atoms with van der Waals surface area (Å²) in [4.78, 5) is 13.9.